The highest BCUT2D eigenvalue weighted by atomic mass is 15.1. The number of rotatable bonds is 12. The second-order valence-corrected chi connectivity index (χ2v) is 32.7. The summed E-state index contributed by atoms with van der Waals surface area (Å²) in [5.41, 5.74) is 34.5. The minimum absolute atomic E-state index is 0.0442. The predicted molar refractivity (Wildman–Crippen MR) is 500 cm³/mol. The molecule has 0 saturated heterocycles. The molecule has 23 rings (SSSR count). The quantitative estimate of drug-likeness (QED) is 0.113. The summed E-state index contributed by atoms with van der Waals surface area (Å²) in [5.74, 6) is 0. The third kappa shape index (κ3) is 11.5. The fourth-order valence-corrected chi connectivity index (χ4v) is 19.6. The van der Waals surface area contributed by atoms with Crippen LogP contribution in [0.3, 0.4) is 0 Å². The Morgan fingerprint density at radius 2 is 0.568 bits per heavy atom. The van der Waals surface area contributed by atoms with Crippen molar-refractivity contribution in [3.63, 3.8) is 0 Å². The fourth-order valence-electron chi connectivity index (χ4n) is 19.6. The Balaban J connectivity index is 0.000000143. The van der Waals surface area contributed by atoms with E-state index in [1.807, 2.05) is 0 Å². The van der Waals surface area contributed by atoms with Gasteiger partial charge in [-0.15, -0.1) is 0 Å². The molecule has 118 heavy (non-hydrogen) atoms. The maximum absolute atomic E-state index is 2.45. The van der Waals surface area contributed by atoms with E-state index in [4.69, 9.17) is 0 Å². The van der Waals surface area contributed by atoms with Gasteiger partial charge in [-0.2, -0.15) is 0 Å². The summed E-state index contributed by atoms with van der Waals surface area (Å²) in [6, 6.07) is 155. The third-order valence-electron chi connectivity index (χ3n) is 25.4. The second-order valence-electron chi connectivity index (χ2n) is 32.7. The van der Waals surface area contributed by atoms with Gasteiger partial charge in [0.05, 0.1) is 22.1 Å². The van der Waals surface area contributed by atoms with Crippen molar-refractivity contribution in [2.75, 3.05) is 9.80 Å². The number of benzene rings is 19. The van der Waals surface area contributed by atoms with Crippen LogP contribution in [-0.2, 0) is 10.8 Å². The van der Waals surface area contributed by atoms with Gasteiger partial charge >= 0.3 is 0 Å². The van der Waals surface area contributed by atoms with E-state index in [0.717, 1.165) is 45.5 Å². The Hall–Kier alpha value is -14.8. The van der Waals surface area contributed by atoms with Gasteiger partial charge in [0.15, 0.2) is 0 Å². The molecule has 2 aromatic heterocycles. The molecule has 0 unspecified atom stereocenters. The smallest absolute Gasteiger partial charge is 0.0547 e. The summed E-state index contributed by atoms with van der Waals surface area (Å²) in [6.07, 6.45) is 0. The summed E-state index contributed by atoms with van der Waals surface area (Å²) in [6.45, 7) is 9.44. The Morgan fingerprint density at radius 3 is 1.08 bits per heavy atom. The molecule has 19 aromatic carbocycles. The average Bonchev–Trinajstić information content (AvgIpc) is 1.54. The third-order valence-corrected chi connectivity index (χ3v) is 25.4. The van der Waals surface area contributed by atoms with Crippen LogP contribution in [0.25, 0.3) is 154 Å². The number of nitrogens with zero attached hydrogens (tertiary/aromatic N) is 4. The monoisotopic (exact) mass is 1510 g/mol. The molecule has 2 heterocycles. The van der Waals surface area contributed by atoms with Crippen molar-refractivity contribution in [3.05, 3.63) is 447 Å². The largest absolute Gasteiger partial charge is 0.311 e. The van der Waals surface area contributed by atoms with Gasteiger partial charge in [0.25, 0.3) is 0 Å². The Bertz CT molecular complexity index is 7500. The average molecular weight is 1510 g/mol. The topological polar surface area (TPSA) is 16.3 Å². The van der Waals surface area contributed by atoms with E-state index in [-0.39, 0.29) is 10.8 Å². The van der Waals surface area contributed by atoms with Gasteiger partial charge in [0.1, 0.15) is 0 Å². The van der Waals surface area contributed by atoms with Crippen molar-refractivity contribution < 1.29 is 0 Å². The van der Waals surface area contributed by atoms with Gasteiger partial charge in [0, 0.05) is 77.9 Å². The van der Waals surface area contributed by atoms with E-state index in [1.54, 1.807) is 0 Å². The molecule has 4 nitrogen and oxygen atoms in total. The van der Waals surface area contributed by atoms with Gasteiger partial charge < -0.3 is 18.9 Å². The molecule has 21 aromatic rings. The molecule has 2 aliphatic rings. The first-order valence-corrected chi connectivity index (χ1v) is 41.1. The first kappa shape index (κ1) is 69.8. The number of hydrogen-bond donors (Lipinski definition) is 0. The molecule has 0 radical (unpaired) electrons. The lowest BCUT2D eigenvalue weighted by Crippen LogP contribution is -2.14. The molecule has 0 bridgehead atoms. The molecular formula is C114H82N4. The molecule has 4 heteroatoms. The lowest BCUT2D eigenvalue weighted by molar-refractivity contribution is 0.660. The van der Waals surface area contributed by atoms with E-state index in [1.165, 1.54) is 165 Å². The molecule has 0 amide bonds. The number of hydrogen-bond acceptors (Lipinski definition) is 2. The van der Waals surface area contributed by atoms with Crippen LogP contribution in [0.4, 0.5) is 34.1 Å². The van der Waals surface area contributed by atoms with Crippen molar-refractivity contribution >= 4 is 110 Å². The van der Waals surface area contributed by atoms with Crippen LogP contribution in [0.1, 0.15) is 49.9 Å². The molecule has 0 atom stereocenters. The first-order valence-electron chi connectivity index (χ1n) is 41.1. The number of fused-ring (bicyclic) bond motifs is 18. The van der Waals surface area contributed by atoms with E-state index in [2.05, 4.69) is 471 Å². The van der Waals surface area contributed by atoms with Crippen LogP contribution < -0.4 is 9.80 Å². The zero-order chi connectivity index (χ0) is 78.7. The van der Waals surface area contributed by atoms with Crippen LogP contribution in [0, 0.1) is 0 Å². The fraction of sp³-hybridized carbons (Fsp3) is 0.0526. The zero-order valence-electron chi connectivity index (χ0n) is 66.2. The molecule has 558 valence electrons. The summed E-state index contributed by atoms with van der Waals surface area (Å²) >= 11 is 0. The highest BCUT2D eigenvalue weighted by Crippen LogP contribution is 2.56. The van der Waals surface area contributed by atoms with E-state index < -0.39 is 0 Å². The van der Waals surface area contributed by atoms with Crippen LogP contribution in [0.15, 0.2) is 425 Å². The summed E-state index contributed by atoms with van der Waals surface area (Å²) in [4.78, 5) is 4.67. The zero-order valence-corrected chi connectivity index (χ0v) is 66.2. The number of aromatic nitrogens is 2. The number of para-hydroxylation sites is 4. The normalized spacial score (nSPS) is 12.9. The standard InChI is InChI=1S/C59H42N2.C55H40N2/c1-59(2)53-22-12-10-20-50(53)57-54(59)36-37-56-58(57)51-21-11-13-23-55(51)61(56)46-32-26-40(27-33-46)39-24-30-44(31-25-39)60(43-15-4-3-5-16-43)45-34-28-41(29-35-45)52-38-42-14-6-7-17-47(42)48-18-8-9-19-49(48)52;1-55(2)49-21-10-8-19-47(49)53-50(55)33-34-52-54(53)48-20-9-11-22-51(48)57(52)46-18-12-15-41(36-46)38-25-29-44(30-26-38)56(43-16-4-3-5-17-43)45-31-27-39(28-32-45)42-24-23-37-13-6-7-14-40(37)35-42/h3-38H,1-2H3;3-36H,1-2H3. The molecular weight excluding hydrogens is 1430 g/mol. The number of anilines is 6. The summed E-state index contributed by atoms with van der Waals surface area (Å²) in [5, 5.41) is 12.9. The van der Waals surface area contributed by atoms with Crippen molar-refractivity contribution in [3.8, 4) is 78.1 Å². The summed E-state index contributed by atoms with van der Waals surface area (Å²) < 4.78 is 4.90. The molecule has 0 fully saturated rings. The van der Waals surface area contributed by atoms with Crippen molar-refractivity contribution in [1.29, 1.82) is 0 Å². The molecule has 0 spiro atoms. The molecule has 0 aliphatic heterocycles. The minimum Gasteiger partial charge on any atom is -0.311 e. The van der Waals surface area contributed by atoms with Gasteiger partial charge in [-0.3, -0.25) is 0 Å². The minimum atomic E-state index is -0.0488. The first-order chi connectivity index (χ1) is 58.1. The Morgan fingerprint density at radius 1 is 0.195 bits per heavy atom. The Labute approximate surface area is 687 Å². The second kappa shape index (κ2) is 28.0. The van der Waals surface area contributed by atoms with Crippen LogP contribution in [0.2, 0.25) is 0 Å². The predicted octanol–water partition coefficient (Wildman–Crippen LogP) is 31.2. The van der Waals surface area contributed by atoms with Gasteiger partial charge in [-0.05, 0) is 255 Å². The van der Waals surface area contributed by atoms with Gasteiger partial charge in [-0.1, -0.05) is 319 Å². The molecule has 0 N–H and O–H groups in total. The van der Waals surface area contributed by atoms with E-state index >= 15 is 0 Å². The van der Waals surface area contributed by atoms with Crippen molar-refractivity contribution in [1.82, 2.24) is 9.13 Å². The molecule has 0 saturated carbocycles. The molecule has 2 aliphatic carbocycles. The van der Waals surface area contributed by atoms with Crippen molar-refractivity contribution in [2.24, 2.45) is 0 Å². The highest BCUT2D eigenvalue weighted by molar-refractivity contribution is 6.20. The SMILES string of the molecule is CC1(C)c2ccccc2-c2c1ccc1c2c2ccccc2n1-c1ccc(-c2ccc(N(c3ccccc3)c3ccc(-c4cc5ccccc5c5ccccc45)cc3)cc2)cc1.CC1(C)c2ccccc2-c2c1ccc1c2c2ccccc2n1-c1cccc(-c2ccc(N(c3ccccc3)c3ccc(-c4ccc5ccccc5c4)cc3)cc2)c1. The lowest BCUT2D eigenvalue weighted by Gasteiger charge is -2.26. The van der Waals surface area contributed by atoms with Crippen molar-refractivity contribution in [2.45, 2.75) is 38.5 Å². The van der Waals surface area contributed by atoms with E-state index in [9.17, 15) is 0 Å². The maximum Gasteiger partial charge on any atom is 0.0547 e. The highest BCUT2D eigenvalue weighted by Gasteiger charge is 2.39. The van der Waals surface area contributed by atoms with Gasteiger partial charge in [0.2, 0.25) is 0 Å². The van der Waals surface area contributed by atoms with Crippen LogP contribution in [0.5, 0.6) is 0 Å². The van der Waals surface area contributed by atoms with E-state index in [0.29, 0.717) is 0 Å². The lowest BCUT2D eigenvalue weighted by atomic mass is 9.82. The Kier molecular flexibility index (Phi) is 16.6. The van der Waals surface area contributed by atoms with Gasteiger partial charge in [-0.25, -0.2) is 0 Å². The maximum atomic E-state index is 2.45. The van der Waals surface area contributed by atoms with Crippen LogP contribution in [-0.4, -0.2) is 9.13 Å². The summed E-state index contributed by atoms with van der Waals surface area (Å²) in [7, 11) is 0. The van der Waals surface area contributed by atoms with Crippen LogP contribution >= 0.6 is 0 Å².